The second kappa shape index (κ2) is 8.13. The SMILES string of the molecule is COc1cccc(N(C(C)=O)C2CSC(=NC3CCCCC3)N2C)c1. The zero-order valence-electron chi connectivity index (χ0n) is 15.3. The lowest BCUT2D eigenvalue weighted by Gasteiger charge is -2.33. The van der Waals surface area contributed by atoms with E-state index in [1.807, 2.05) is 36.2 Å². The predicted molar refractivity (Wildman–Crippen MR) is 104 cm³/mol. The molecule has 0 radical (unpaired) electrons. The van der Waals surface area contributed by atoms with E-state index in [0.717, 1.165) is 22.4 Å². The number of amides is 1. The van der Waals surface area contributed by atoms with Gasteiger partial charge in [0.2, 0.25) is 5.91 Å². The van der Waals surface area contributed by atoms with Gasteiger partial charge in [0.1, 0.15) is 11.9 Å². The van der Waals surface area contributed by atoms with Gasteiger partial charge in [-0.25, -0.2) is 0 Å². The zero-order chi connectivity index (χ0) is 17.8. The van der Waals surface area contributed by atoms with E-state index in [-0.39, 0.29) is 12.1 Å². The molecular weight excluding hydrogens is 334 g/mol. The van der Waals surface area contributed by atoms with Gasteiger partial charge >= 0.3 is 0 Å². The van der Waals surface area contributed by atoms with Crippen LogP contribution in [0.2, 0.25) is 0 Å². The van der Waals surface area contributed by atoms with Crippen molar-refractivity contribution in [2.24, 2.45) is 4.99 Å². The van der Waals surface area contributed by atoms with Crippen molar-refractivity contribution in [3.8, 4) is 5.75 Å². The number of carbonyl (C=O) groups is 1. The van der Waals surface area contributed by atoms with Crippen LogP contribution in [0.15, 0.2) is 29.3 Å². The fourth-order valence-corrected chi connectivity index (χ4v) is 4.78. The third-order valence-electron chi connectivity index (χ3n) is 4.95. The molecule has 1 aromatic carbocycles. The predicted octanol–water partition coefficient (Wildman–Crippen LogP) is 3.74. The van der Waals surface area contributed by atoms with Crippen LogP contribution in [0.25, 0.3) is 0 Å². The Morgan fingerprint density at radius 1 is 1.32 bits per heavy atom. The van der Waals surface area contributed by atoms with Crippen LogP contribution >= 0.6 is 11.8 Å². The molecule has 1 saturated heterocycles. The van der Waals surface area contributed by atoms with Crippen LogP contribution < -0.4 is 9.64 Å². The maximum absolute atomic E-state index is 12.4. The van der Waals surface area contributed by atoms with Gasteiger partial charge in [-0.2, -0.15) is 0 Å². The highest BCUT2D eigenvalue weighted by atomic mass is 32.2. The van der Waals surface area contributed by atoms with Gasteiger partial charge in [0.05, 0.1) is 13.2 Å². The minimum Gasteiger partial charge on any atom is -0.497 e. The highest BCUT2D eigenvalue weighted by molar-refractivity contribution is 8.14. The summed E-state index contributed by atoms with van der Waals surface area (Å²) in [6.07, 6.45) is 6.26. The fourth-order valence-electron chi connectivity index (χ4n) is 3.56. The second-order valence-electron chi connectivity index (χ2n) is 6.70. The molecule has 1 saturated carbocycles. The van der Waals surface area contributed by atoms with Crippen LogP contribution in [-0.2, 0) is 4.79 Å². The zero-order valence-corrected chi connectivity index (χ0v) is 16.1. The summed E-state index contributed by atoms with van der Waals surface area (Å²) in [5, 5.41) is 1.06. The summed E-state index contributed by atoms with van der Waals surface area (Å²) < 4.78 is 5.32. The molecule has 6 heteroatoms. The molecule has 1 unspecified atom stereocenters. The number of carbonyl (C=O) groups excluding carboxylic acids is 1. The van der Waals surface area contributed by atoms with Gasteiger partial charge in [0, 0.05) is 31.5 Å². The molecule has 0 N–H and O–H groups in total. The van der Waals surface area contributed by atoms with E-state index in [4.69, 9.17) is 9.73 Å². The monoisotopic (exact) mass is 361 g/mol. The molecule has 2 fully saturated rings. The van der Waals surface area contributed by atoms with Gasteiger partial charge < -0.3 is 9.64 Å². The smallest absolute Gasteiger partial charge is 0.225 e. The molecule has 1 atom stereocenters. The quantitative estimate of drug-likeness (QED) is 0.819. The lowest BCUT2D eigenvalue weighted by molar-refractivity contribution is -0.117. The van der Waals surface area contributed by atoms with Crippen LogP contribution in [0.1, 0.15) is 39.0 Å². The summed E-state index contributed by atoms with van der Waals surface area (Å²) >= 11 is 1.75. The molecule has 2 aliphatic rings. The van der Waals surface area contributed by atoms with E-state index in [0.29, 0.717) is 6.04 Å². The topological polar surface area (TPSA) is 45.1 Å². The molecule has 3 rings (SSSR count). The third kappa shape index (κ3) is 4.11. The maximum Gasteiger partial charge on any atom is 0.225 e. The molecule has 0 bridgehead atoms. The van der Waals surface area contributed by atoms with Crippen molar-refractivity contribution in [2.45, 2.75) is 51.2 Å². The first-order chi connectivity index (χ1) is 12.1. The standard InChI is InChI=1S/C19H27N3O2S/c1-14(23)22(16-10-7-11-17(12-16)24-3)18-13-25-19(21(18)2)20-15-8-5-4-6-9-15/h7,10-12,15,18H,4-6,8-9,13H2,1-3H3. The van der Waals surface area contributed by atoms with E-state index in [1.165, 1.54) is 32.1 Å². The Morgan fingerprint density at radius 2 is 2.08 bits per heavy atom. The molecule has 1 aliphatic heterocycles. The van der Waals surface area contributed by atoms with Gasteiger partial charge in [-0.3, -0.25) is 14.7 Å². The maximum atomic E-state index is 12.4. The Kier molecular flexibility index (Phi) is 5.89. The van der Waals surface area contributed by atoms with E-state index >= 15 is 0 Å². The van der Waals surface area contributed by atoms with E-state index in [1.54, 1.807) is 25.8 Å². The lowest BCUT2D eigenvalue weighted by atomic mass is 9.96. The Bertz CT molecular complexity index is 643. The number of benzene rings is 1. The van der Waals surface area contributed by atoms with Gasteiger partial charge in [-0.15, -0.1) is 0 Å². The molecular formula is C19H27N3O2S. The van der Waals surface area contributed by atoms with Crippen LogP contribution in [0.5, 0.6) is 5.75 Å². The van der Waals surface area contributed by atoms with Crippen molar-refractivity contribution >= 4 is 28.5 Å². The molecule has 0 aromatic heterocycles. The lowest BCUT2D eigenvalue weighted by Crippen LogP contribution is -2.48. The van der Waals surface area contributed by atoms with Crippen molar-refractivity contribution in [3.05, 3.63) is 24.3 Å². The summed E-state index contributed by atoms with van der Waals surface area (Å²) in [5.41, 5.74) is 0.864. The molecule has 1 amide bonds. The highest BCUT2D eigenvalue weighted by Crippen LogP contribution is 2.32. The number of aliphatic imine (C=N–C) groups is 1. The van der Waals surface area contributed by atoms with Crippen LogP contribution in [0.3, 0.4) is 0 Å². The molecule has 1 heterocycles. The number of hydrogen-bond donors (Lipinski definition) is 0. The number of methoxy groups -OCH3 is 1. The van der Waals surface area contributed by atoms with Crippen molar-refractivity contribution < 1.29 is 9.53 Å². The first-order valence-corrected chi connectivity index (χ1v) is 9.96. The number of nitrogens with zero attached hydrogens (tertiary/aromatic N) is 3. The van der Waals surface area contributed by atoms with E-state index < -0.39 is 0 Å². The molecule has 0 spiro atoms. The van der Waals surface area contributed by atoms with E-state index in [2.05, 4.69) is 4.90 Å². The summed E-state index contributed by atoms with van der Waals surface area (Å²) in [6, 6.07) is 8.13. The van der Waals surface area contributed by atoms with Crippen molar-refractivity contribution in [2.75, 3.05) is 24.8 Å². The van der Waals surface area contributed by atoms with Gasteiger partial charge in [-0.1, -0.05) is 37.1 Å². The first-order valence-electron chi connectivity index (χ1n) is 8.97. The number of ether oxygens (including phenoxy) is 1. The first kappa shape index (κ1) is 18.1. The van der Waals surface area contributed by atoms with E-state index in [9.17, 15) is 4.79 Å². The molecule has 1 aromatic rings. The number of thioether (sulfide) groups is 1. The third-order valence-corrected chi connectivity index (χ3v) is 6.06. The number of anilines is 1. The van der Waals surface area contributed by atoms with Gasteiger partial charge in [-0.05, 0) is 25.0 Å². The van der Waals surface area contributed by atoms with Crippen molar-refractivity contribution in [3.63, 3.8) is 0 Å². The van der Waals surface area contributed by atoms with Crippen LogP contribution in [-0.4, -0.2) is 48.1 Å². The largest absolute Gasteiger partial charge is 0.497 e. The fraction of sp³-hybridized carbons (Fsp3) is 0.579. The Labute approximate surface area is 154 Å². The van der Waals surface area contributed by atoms with Crippen LogP contribution in [0.4, 0.5) is 5.69 Å². The van der Waals surface area contributed by atoms with Crippen molar-refractivity contribution in [1.29, 1.82) is 0 Å². The normalized spacial score (nSPS) is 23.1. The number of amidine groups is 1. The molecule has 5 nitrogen and oxygen atoms in total. The molecule has 1 aliphatic carbocycles. The summed E-state index contributed by atoms with van der Waals surface area (Å²) in [7, 11) is 3.69. The highest BCUT2D eigenvalue weighted by Gasteiger charge is 2.35. The Balaban J connectivity index is 1.80. The van der Waals surface area contributed by atoms with Gasteiger partial charge in [0.25, 0.3) is 0 Å². The van der Waals surface area contributed by atoms with Crippen LogP contribution in [0, 0.1) is 0 Å². The minimum atomic E-state index is -0.0167. The Hall–Kier alpha value is -1.69. The average Bonchev–Trinajstić information content (AvgIpc) is 2.97. The summed E-state index contributed by atoms with van der Waals surface area (Å²) in [6.45, 7) is 1.62. The summed E-state index contributed by atoms with van der Waals surface area (Å²) in [5.74, 6) is 1.62. The van der Waals surface area contributed by atoms with Gasteiger partial charge in [0.15, 0.2) is 5.17 Å². The molecule has 25 heavy (non-hydrogen) atoms. The number of rotatable bonds is 4. The number of hydrogen-bond acceptors (Lipinski definition) is 4. The minimum absolute atomic E-state index is 0.0167. The molecule has 136 valence electrons. The average molecular weight is 362 g/mol. The summed E-state index contributed by atoms with van der Waals surface area (Å²) in [4.78, 5) is 21.4. The Morgan fingerprint density at radius 3 is 2.76 bits per heavy atom. The van der Waals surface area contributed by atoms with Crippen molar-refractivity contribution in [1.82, 2.24) is 4.90 Å². The second-order valence-corrected chi connectivity index (χ2v) is 7.68.